The number of nitriles is 1. The van der Waals surface area contributed by atoms with Crippen LogP contribution < -0.4 is 0 Å². The molecule has 17 heavy (non-hydrogen) atoms. The first-order valence-corrected chi connectivity index (χ1v) is 6.09. The van der Waals surface area contributed by atoms with Gasteiger partial charge in [-0.1, -0.05) is 12.1 Å². The van der Waals surface area contributed by atoms with Crippen LogP contribution in [0.4, 0.5) is 0 Å². The van der Waals surface area contributed by atoms with Crippen LogP contribution in [0, 0.1) is 11.3 Å². The van der Waals surface area contributed by atoms with Gasteiger partial charge in [-0.2, -0.15) is 5.26 Å². The van der Waals surface area contributed by atoms with E-state index in [0.29, 0.717) is 5.57 Å². The van der Waals surface area contributed by atoms with Gasteiger partial charge in [0.05, 0.1) is 10.2 Å². The molecule has 0 unspecified atom stereocenters. The summed E-state index contributed by atoms with van der Waals surface area (Å²) in [5.74, 6) is 0. The Kier molecular flexibility index (Phi) is 3.12. The van der Waals surface area contributed by atoms with E-state index < -0.39 is 0 Å². The molecule has 3 nitrogen and oxygen atoms in total. The van der Waals surface area contributed by atoms with Gasteiger partial charge in [0, 0.05) is 19.8 Å². The number of para-hydroxylation sites is 1. The molecule has 2 aromatic rings. The summed E-state index contributed by atoms with van der Waals surface area (Å²) in [6.45, 7) is 1.94. The minimum absolute atomic E-state index is 0.649. The maximum Gasteiger partial charge on any atom is 0.136 e. The summed E-state index contributed by atoms with van der Waals surface area (Å²) in [4.78, 5) is 6.43. The summed E-state index contributed by atoms with van der Waals surface area (Å²) < 4.78 is 1.11. The van der Waals surface area contributed by atoms with E-state index in [-0.39, 0.29) is 0 Å². The number of allylic oxidation sites excluding steroid dienone is 2. The van der Waals surface area contributed by atoms with Gasteiger partial charge in [-0.3, -0.25) is 0 Å². The van der Waals surface area contributed by atoms with Crippen molar-refractivity contribution in [3.63, 3.8) is 0 Å². The molecule has 4 heteroatoms. The van der Waals surface area contributed by atoms with Crippen LogP contribution in [0.5, 0.6) is 0 Å². The molecule has 0 aliphatic carbocycles. The lowest BCUT2D eigenvalue weighted by Gasteiger charge is -2.13. The van der Waals surface area contributed by atoms with Crippen LogP contribution in [-0.2, 0) is 0 Å². The molecule has 1 heterocycles. The molecule has 0 radical (unpaired) electrons. The first-order valence-electron chi connectivity index (χ1n) is 5.27. The minimum Gasteiger partial charge on any atom is -0.380 e. The monoisotopic (exact) mass is 243 g/mol. The van der Waals surface area contributed by atoms with Crippen LogP contribution in [0.1, 0.15) is 11.9 Å². The van der Waals surface area contributed by atoms with Gasteiger partial charge in [-0.05, 0) is 19.1 Å². The maximum absolute atomic E-state index is 9.26. The summed E-state index contributed by atoms with van der Waals surface area (Å²) in [6, 6.07) is 10.2. The second-order valence-electron chi connectivity index (χ2n) is 3.95. The quantitative estimate of drug-likeness (QED) is 0.761. The highest BCUT2D eigenvalue weighted by Gasteiger charge is 2.12. The Labute approximate surface area is 105 Å². The Morgan fingerprint density at radius 3 is 2.65 bits per heavy atom. The molecule has 0 aliphatic heterocycles. The number of benzene rings is 1. The smallest absolute Gasteiger partial charge is 0.136 e. The zero-order valence-electron chi connectivity index (χ0n) is 10.1. The average Bonchev–Trinajstić information content (AvgIpc) is 2.72. The summed E-state index contributed by atoms with van der Waals surface area (Å²) in [5.41, 5.74) is 2.54. The van der Waals surface area contributed by atoms with Crippen molar-refractivity contribution in [2.24, 2.45) is 0 Å². The van der Waals surface area contributed by atoms with Gasteiger partial charge in [-0.15, -0.1) is 11.3 Å². The molecule has 1 aromatic carbocycles. The summed E-state index contributed by atoms with van der Waals surface area (Å²) in [6.07, 6.45) is 0. The molecule has 1 aromatic heterocycles. The third-order valence-corrected chi connectivity index (χ3v) is 3.71. The Morgan fingerprint density at radius 2 is 2.06 bits per heavy atom. The third kappa shape index (κ3) is 2.15. The average molecular weight is 243 g/mol. The summed E-state index contributed by atoms with van der Waals surface area (Å²) >= 11 is 1.56. The molecule has 0 saturated carbocycles. The van der Waals surface area contributed by atoms with E-state index in [1.807, 2.05) is 50.2 Å². The van der Waals surface area contributed by atoms with Gasteiger partial charge in [0.25, 0.3) is 0 Å². The number of hydrogen-bond donors (Lipinski definition) is 0. The topological polar surface area (TPSA) is 39.9 Å². The van der Waals surface area contributed by atoms with E-state index >= 15 is 0 Å². The molecule has 0 bridgehead atoms. The predicted octanol–water partition coefficient (Wildman–Crippen LogP) is 3.11. The molecule has 86 valence electrons. The highest BCUT2D eigenvalue weighted by molar-refractivity contribution is 7.19. The van der Waals surface area contributed by atoms with Gasteiger partial charge in [0.2, 0.25) is 0 Å². The Balaban J connectivity index is 2.60. The van der Waals surface area contributed by atoms with E-state index in [1.54, 1.807) is 11.3 Å². The zero-order valence-corrected chi connectivity index (χ0v) is 10.9. The van der Waals surface area contributed by atoms with Crippen LogP contribution in [-0.4, -0.2) is 24.0 Å². The van der Waals surface area contributed by atoms with Crippen molar-refractivity contribution >= 4 is 27.1 Å². The fraction of sp³-hybridized carbons (Fsp3) is 0.231. The van der Waals surface area contributed by atoms with Crippen molar-refractivity contribution in [3.8, 4) is 6.07 Å². The standard InChI is InChI=1S/C13H13N3S/c1-9(16(2)3)10(8-14)13-15-11-6-4-5-7-12(11)17-13/h4-7H,1-3H3/b10-9+. The number of thiazole rings is 1. The number of fused-ring (bicyclic) bond motifs is 1. The Morgan fingerprint density at radius 1 is 1.35 bits per heavy atom. The van der Waals surface area contributed by atoms with E-state index in [4.69, 9.17) is 0 Å². The lowest BCUT2D eigenvalue weighted by atomic mass is 10.2. The van der Waals surface area contributed by atoms with Crippen molar-refractivity contribution in [2.45, 2.75) is 6.92 Å². The second kappa shape index (κ2) is 4.56. The van der Waals surface area contributed by atoms with Crippen molar-refractivity contribution in [1.29, 1.82) is 5.26 Å². The molecule has 0 spiro atoms. The van der Waals surface area contributed by atoms with Gasteiger partial charge >= 0.3 is 0 Å². The van der Waals surface area contributed by atoms with Crippen LogP contribution in [0.2, 0.25) is 0 Å². The molecule has 2 rings (SSSR count). The Hall–Kier alpha value is -1.86. The van der Waals surface area contributed by atoms with Gasteiger partial charge in [0.15, 0.2) is 0 Å². The first kappa shape index (κ1) is 11.6. The first-order chi connectivity index (χ1) is 8.13. The number of aromatic nitrogens is 1. The highest BCUT2D eigenvalue weighted by Crippen LogP contribution is 2.28. The largest absolute Gasteiger partial charge is 0.380 e. The highest BCUT2D eigenvalue weighted by atomic mass is 32.1. The summed E-state index contributed by atoms with van der Waals surface area (Å²) in [7, 11) is 3.86. The molecule has 0 fully saturated rings. The van der Waals surface area contributed by atoms with E-state index in [2.05, 4.69) is 11.1 Å². The van der Waals surface area contributed by atoms with Crippen LogP contribution >= 0.6 is 11.3 Å². The van der Waals surface area contributed by atoms with E-state index in [9.17, 15) is 5.26 Å². The van der Waals surface area contributed by atoms with Crippen molar-refractivity contribution in [2.75, 3.05) is 14.1 Å². The number of rotatable bonds is 2. The zero-order chi connectivity index (χ0) is 12.4. The van der Waals surface area contributed by atoms with Gasteiger partial charge in [0.1, 0.15) is 16.6 Å². The predicted molar refractivity (Wildman–Crippen MR) is 71.5 cm³/mol. The molecule has 0 atom stereocenters. The molecular weight excluding hydrogens is 230 g/mol. The molecule has 0 saturated heterocycles. The lowest BCUT2D eigenvalue weighted by molar-refractivity contribution is 0.517. The maximum atomic E-state index is 9.26. The third-order valence-electron chi connectivity index (χ3n) is 2.65. The van der Waals surface area contributed by atoms with Crippen LogP contribution in [0.15, 0.2) is 30.0 Å². The van der Waals surface area contributed by atoms with E-state index in [0.717, 1.165) is 20.9 Å². The fourth-order valence-electron chi connectivity index (χ4n) is 1.49. The lowest BCUT2D eigenvalue weighted by Crippen LogP contribution is -2.10. The minimum atomic E-state index is 0.649. The fourth-order valence-corrected chi connectivity index (χ4v) is 2.50. The molecule has 0 N–H and O–H groups in total. The van der Waals surface area contributed by atoms with Crippen molar-refractivity contribution in [1.82, 2.24) is 9.88 Å². The van der Waals surface area contributed by atoms with Crippen LogP contribution in [0.3, 0.4) is 0 Å². The molecular formula is C13H13N3S. The number of nitrogens with zero attached hydrogens (tertiary/aromatic N) is 3. The van der Waals surface area contributed by atoms with Crippen molar-refractivity contribution in [3.05, 3.63) is 35.0 Å². The second-order valence-corrected chi connectivity index (χ2v) is 4.98. The Bertz CT molecular complexity index is 584. The van der Waals surface area contributed by atoms with Crippen molar-refractivity contribution < 1.29 is 0 Å². The van der Waals surface area contributed by atoms with Gasteiger partial charge < -0.3 is 4.90 Å². The van der Waals surface area contributed by atoms with E-state index in [1.165, 1.54) is 0 Å². The molecule has 0 aliphatic rings. The number of hydrogen-bond acceptors (Lipinski definition) is 4. The molecule has 0 amide bonds. The SMILES string of the molecule is C/C(=C(/C#N)c1nc2ccccc2s1)N(C)C. The normalized spacial score (nSPS) is 12.1. The van der Waals surface area contributed by atoms with Crippen LogP contribution in [0.25, 0.3) is 15.8 Å². The summed E-state index contributed by atoms with van der Waals surface area (Å²) in [5, 5.41) is 10.0. The van der Waals surface area contributed by atoms with Gasteiger partial charge in [-0.25, -0.2) is 4.98 Å².